The number of rotatable bonds is 24. The Morgan fingerprint density at radius 1 is 0.868 bits per heavy atom. The minimum Gasteiger partial charge on any atom is -0.386 e. The molecule has 0 aliphatic carbocycles. The summed E-state index contributed by atoms with van der Waals surface area (Å²) in [4.78, 5) is 61.1. The Bertz CT molecular complexity index is 1250. The lowest BCUT2D eigenvalue weighted by Gasteiger charge is -2.41. The molecule has 3 N–H and O–H groups in total. The number of methoxy groups -OCH3 is 1. The maximum Gasteiger partial charge on any atom is 0.245 e. The van der Waals surface area contributed by atoms with Crippen molar-refractivity contribution in [2.75, 3.05) is 40.0 Å². The minimum atomic E-state index is -0.875. The number of carbonyl (C=O) groups is 4. The molecule has 11 nitrogen and oxygen atoms in total. The van der Waals surface area contributed by atoms with Gasteiger partial charge in [-0.2, -0.15) is 12.6 Å². The smallest absolute Gasteiger partial charge is 0.245 e. The van der Waals surface area contributed by atoms with Gasteiger partial charge in [0, 0.05) is 39.0 Å². The first-order chi connectivity index (χ1) is 24.9. The van der Waals surface area contributed by atoms with Crippen LogP contribution in [0.15, 0.2) is 30.3 Å². The van der Waals surface area contributed by atoms with Gasteiger partial charge in [0.15, 0.2) is 0 Å². The van der Waals surface area contributed by atoms with Gasteiger partial charge in [-0.05, 0) is 50.6 Å². The van der Waals surface area contributed by atoms with Crippen LogP contribution in [-0.2, 0) is 23.9 Å². The summed E-state index contributed by atoms with van der Waals surface area (Å²) in [6.07, 6.45) is 0.856. The molecule has 1 aromatic carbocycles. The highest BCUT2D eigenvalue weighted by Gasteiger charge is 2.40. The van der Waals surface area contributed by atoms with Gasteiger partial charge in [0.1, 0.15) is 6.04 Å². The Morgan fingerprint density at radius 2 is 1.47 bits per heavy atom. The van der Waals surface area contributed by atoms with E-state index < -0.39 is 48.3 Å². The standard InChI is InChI=1S/C41H73N5O6S/c1-14-16-22-46(31(10)29(8)39(49)42-30(9)38(48)32-20-18-17-19-21-32)34(47)25-33(52-13)37(28(7)15-2)45(12)41(51)35(26(3)4)43-40(50)36(27(5)6)44(11)23-24-53/h17-21,26-31,33,35-38,48,53H,14-16,22-25H2,1-13H3,(H,42,49)(H,43,50)/t28?,29?,30?,31?,33?,35-,36?,37?,38?/m0/s1. The van der Waals surface area contributed by atoms with E-state index in [-0.39, 0.29) is 47.8 Å². The Labute approximate surface area is 326 Å². The topological polar surface area (TPSA) is 132 Å². The molecule has 0 saturated carbocycles. The Hall–Kier alpha value is -2.67. The lowest BCUT2D eigenvalue weighted by molar-refractivity contribution is -0.147. The maximum absolute atomic E-state index is 14.3. The molecule has 0 aliphatic rings. The normalized spacial score (nSPS) is 16.9. The maximum atomic E-state index is 14.3. The van der Waals surface area contributed by atoms with Crippen LogP contribution in [0.2, 0.25) is 0 Å². The Kier molecular flexibility index (Phi) is 21.9. The molecule has 0 radical (unpaired) electrons. The first-order valence-corrected chi connectivity index (χ1v) is 20.3. The molecule has 0 aromatic heterocycles. The molecule has 1 rings (SSSR count). The van der Waals surface area contributed by atoms with Crippen molar-refractivity contribution < 1.29 is 29.0 Å². The van der Waals surface area contributed by atoms with Crippen molar-refractivity contribution in [3.05, 3.63) is 35.9 Å². The number of unbranched alkanes of at least 4 members (excludes halogenated alkanes) is 1. The molecule has 0 aliphatic heterocycles. The van der Waals surface area contributed by atoms with Gasteiger partial charge in [-0.25, -0.2) is 0 Å². The van der Waals surface area contributed by atoms with Crippen LogP contribution in [0.25, 0.3) is 0 Å². The molecule has 12 heteroatoms. The third-order valence-electron chi connectivity index (χ3n) is 10.8. The number of hydrogen-bond acceptors (Lipinski definition) is 8. The third-order valence-corrected chi connectivity index (χ3v) is 11.0. The fourth-order valence-corrected chi connectivity index (χ4v) is 7.36. The van der Waals surface area contributed by atoms with E-state index in [0.717, 1.165) is 19.3 Å². The zero-order valence-electron chi connectivity index (χ0n) is 35.0. The van der Waals surface area contributed by atoms with Crippen LogP contribution < -0.4 is 10.6 Å². The van der Waals surface area contributed by atoms with E-state index in [9.17, 15) is 24.3 Å². The summed E-state index contributed by atoms with van der Waals surface area (Å²) < 4.78 is 6.04. The zero-order chi connectivity index (χ0) is 40.6. The number of thiol groups is 1. The fraction of sp³-hybridized carbons (Fsp3) is 0.756. The molecular weight excluding hydrogens is 691 g/mol. The van der Waals surface area contributed by atoms with E-state index in [1.807, 2.05) is 90.7 Å². The molecule has 4 amide bonds. The van der Waals surface area contributed by atoms with Gasteiger partial charge in [-0.3, -0.25) is 24.1 Å². The summed E-state index contributed by atoms with van der Waals surface area (Å²) in [6, 6.07) is 6.56. The van der Waals surface area contributed by atoms with E-state index in [1.165, 1.54) is 0 Å². The third kappa shape index (κ3) is 14.2. The molecule has 0 saturated heterocycles. The molecule has 0 fully saturated rings. The first kappa shape index (κ1) is 48.3. The quantitative estimate of drug-likeness (QED) is 0.107. The second-order valence-corrected chi connectivity index (χ2v) is 16.0. The van der Waals surface area contributed by atoms with E-state index in [0.29, 0.717) is 24.4 Å². The molecule has 9 atom stereocenters. The largest absolute Gasteiger partial charge is 0.386 e. The van der Waals surface area contributed by atoms with Crippen molar-refractivity contribution in [2.24, 2.45) is 23.7 Å². The number of benzene rings is 1. The van der Waals surface area contributed by atoms with Crippen molar-refractivity contribution in [2.45, 2.75) is 137 Å². The highest BCUT2D eigenvalue weighted by Crippen LogP contribution is 2.26. The van der Waals surface area contributed by atoms with Crippen molar-refractivity contribution in [1.82, 2.24) is 25.3 Å². The SMILES string of the molecule is CCCCN(C(=O)CC(OC)C(C(C)CC)N(C)C(=O)[C@@H](NC(=O)C(C(C)C)N(C)CCS)C(C)C)C(C)C(C)C(=O)NC(C)C(O)c1ccccc1. The number of aliphatic hydroxyl groups is 1. The highest BCUT2D eigenvalue weighted by molar-refractivity contribution is 7.80. The Morgan fingerprint density at radius 3 is 1.96 bits per heavy atom. The van der Waals surface area contributed by atoms with Crippen molar-refractivity contribution >= 4 is 36.3 Å². The summed E-state index contributed by atoms with van der Waals surface area (Å²) in [5.74, 6) is -1.00. The number of ether oxygens (including phenoxy) is 1. The van der Waals surface area contributed by atoms with Crippen molar-refractivity contribution in [1.29, 1.82) is 0 Å². The number of hydrogen-bond donors (Lipinski definition) is 4. The zero-order valence-corrected chi connectivity index (χ0v) is 35.9. The van der Waals surface area contributed by atoms with Gasteiger partial charge in [-0.15, -0.1) is 0 Å². The predicted octanol–water partition coefficient (Wildman–Crippen LogP) is 5.18. The molecule has 304 valence electrons. The Balaban J connectivity index is 3.30. The lowest BCUT2D eigenvalue weighted by Crippen LogP contribution is -2.60. The highest BCUT2D eigenvalue weighted by atomic mass is 32.1. The average Bonchev–Trinajstić information content (AvgIpc) is 3.12. The van der Waals surface area contributed by atoms with Gasteiger partial charge in [0.05, 0.1) is 42.7 Å². The van der Waals surface area contributed by atoms with Gasteiger partial charge < -0.3 is 30.3 Å². The van der Waals surface area contributed by atoms with Crippen molar-refractivity contribution in [3.8, 4) is 0 Å². The summed E-state index contributed by atoms with van der Waals surface area (Å²) >= 11 is 4.35. The molecular formula is C41H73N5O6S. The number of likely N-dealkylation sites (N-methyl/N-ethyl adjacent to an activating group) is 2. The van der Waals surface area contributed by atoms with Crippen LogP contribution in [0.1, 0.15) is 107 Å². The van der Waals surface area contributed by atoms with Crippen molar-refractivity contribution in [3.63, 3.8) is 0 Å². The number of aliphatic hydroxyl groups excluding tert-OH is 1. The van der Waals surface area contributed by atoms with Gasteiger partial charge in [0.2, 0.25) is 23.6 Å². The van der Waals surface area contributed by atoms with Gasteiger partial charge in [0.25, 0.3) is 0 Å². The molecule has 0 bridgehead atoms. The second kappa shape index (κ2) is 24.0. The van der Waals surface area contributed by atoms with E-state index in [2.05, 4.69) is 30.2 Å². The molecule has 53 heavy (non-hydrogen) atoms. The molecule has 1 aromatic rings. The van der Waals surface area contributed by atoms with E-state index in [4.69, 9.17) is 4.74 Å². The van der Waals surface area contributed by atoms with Crippen LogP contribution in [0.3, 0.4) is 0 Å². The number of nitrogens with one attached hydrogen (secondary N) is 2. The van der Waals surface area contributed by atoms with Crippen LogP contribution in [0.4, 0.5) is 0 Å². The average molecular weight is 764 g/mol. The van der Waals surface area contributed by atoms with Crippen LogP contribution in [-0.4, -0.2) is 120 Å². The number of amides is 4. The summed E-state index contributed by atoms with van der Waals surface area (Å²) in [7, 11) is 5.19. The number of carbonyl (C=O) groups excluding carboxylic acids is 4. The summed E-state index contributed by atoms with van der Waals surface area (Å²) in [5.41, 5.74) is 0.712. The lowest BCUT2D eigenvalue weighted by atomic mass is 9.89. The monoisotopic (exact) mass is 764 g/mol. The summed E-state index contributed by atoms with van der Waals surface area (Å²) in [5, 5.41) is 16.9. The van der Waals surface area contributed by atoms with Gasteiger partial charge >= 0.3 is 0 Å². The molecule has 8 unspecified atom stereocenters. The van der Waals surface area contributed by atoms with Crippen LogP contribution in [0, 0.1) is 23.7 Å². The second-order valence-electron chi connectivity index (χ2n) is 15.5. The number of nitrogens with zero attached hydrogens (tertiary/aromatic N) is 3. The summed E-state index contributed by atoms with van der Waals surface area (Å²) in [6.45, 7) is 20.5. The molecule has 0 heterocycles. The fourth-order valence-electron chi connectivity index (χ4n) is 7.05. The van der Waals surface area contributed by atoms with Gasteiger partial charge in [-0.1, -0.05) is 98.6 Å². The van der Waals surface area contributed by atoms with E-state index >= 15 is 0 Å². The minimum absolute atomic E-state index is 0.0112. The molecule has 0 spiro atoms. The van der Waals surface area contributed by atoms with E-state index in [1.54, 1.807) is 37.8 Å². The predicted molar refractivity (Wildman–Crippen MR) is 218 cm³/mol. The van der Waals surface area contributed by atoms with Crippen LogP contribution >= 0.6 is 12.6 Å². The van der Waals surface area contributed by atoms with Crippen LogP contribution in [0.5, 0.6) is 0 Å². The first-order valence-electron chi connectivity index (χ1n) is 19.6.